The highest BCUT2D eigenvalue weighted by molar-refractivity contribution is 7.89. The molecule has 1 heterocycles. The summed E-state index contributed by atoms with van der Waals surface area (Å²) in [6.07, 6.45) is 3.21. The Kier molecular flexibility index (Phi) is 4.67. The second-order valence-electron chi connectivity index (χ2n) is 5.52. The van der Waals surface area contributed by atoms with Crippen molar-refractivity contribution in [3.05, 3.63) is 11.4 Å². The van der Waals surface area contributed by atoms with Crippen molar-refractivity contribution < 1.29 is 18.3 Å². The number of nitrogens with zero attached hydrogens (tertiary/aromatic N) is 2. The number of aromatic nitrogens is 2. The molecule has 0 unspecified atom stereocenters. The zero-order chi connectivity index (χ0) is 15.6. The number of nitrogens with one attached hydrogen (secondary N) is 1. The van der Waals surface area contributed by atoms with Gasteiger partial charge in [-0.05, 0) is 32.6 Å². The average molecular weight is 315 g/mol. The number of carboxylic acid groups (broad SMARTS) is 1. The number of hydrogen-bond acceptors (Lipinski definition) is 4. The molecule has 2 rings (SSSR count). The standard InChI is InChI=1S/C13H21N3O4S/c1-9-13(10(2)16(15-9)7-6-12(17)18)21(19,20)14-8-11-4-3-5-11/h11,14H,3-8H2,1-2H3,(H,17,18). The van der Waals surface area contributed by atoms with E-state index in [0.717, 1.165) is 19.3 Å². The summed E-state index contributed by atoms with van der Waals surface area (Å²) in [6.45, 7) is 3.91. The van der Waals surface area contributed by atoms with E-state index >= 15 is 0 Å². The van der Waals surface area contributed by atoms with Crippen LogP contribution < -0.4 is 4.72 Å². The van der Waals surface area contributed by atoms with Crippen molar-refractivity contribution in [3.63, 3.8) is 0 Å². The Balaban J connectivity index is 2.15. The van der Waals surface area contributed by atoms with Gasteiger partial charge < -0.3 is 5.11 Å². The summed E-state index contributed by atoms with van der Waals surface area (Å²) >= 11 is 0. The molecule has 7 nitrogen and oxygen atoms in total. The van der Waals surface area contributed by atoms with Crippen LogP contribution in [-0.4, -0.2) is 35.8 Å². The van der Waals surface area contributed by atoms with Gasteiger partial charge in [-0.2, -0.15) is 5.10 Å². The first-order valence-corrected chi connectivity index (χ1v) is 8.55. The van der Waals surface area contributed by atoms with Crippen LogP contribution in [0.1, 0.15) is 37.1 Å². The zero-order valence-electron chi connectivity index (χ0n) is 12.3. The Bertz CT molecular complexity index is 632. The first kappa shape index (κ1) is 16.0. The van der Waals surface area contributed by atoms with Crippen LogP contribution in [0.3, 0.4) is 0 Å². The molecule has 0 aliphatic heterocycles. The fraction of sp³-hybridized carbons (Fsp3) is 0.692. The molecule has 1 fully saturated rings. The number of sulfonamides is 1. The molecule has 2 N–H and O–H groups in total. The Morgan fingerprint density at radius 2 is 2.10 bits per heavy atom. The minimum Gasteiger partial charge on any atom is -0.481 e. The lowest BCUT2D eigenvalue weighted by atomic mass is 9.86. The van der Waals surface area contributed by atoms with E-state index in [1.807, 2.05) is 0 Å². The van der Waals surface area contributed by atoms with Gasteiger partial charge in [-0.3, -0.25) is 9.48 Å². The van der Waals surface area contributed by atoms with Gasteiger partial charge in [0.1, 0.15) is 4.90 Å². The Labute approximate surface area is 124 Å². The van der Waals surface area contributed by atoms with E-state index in [0.29, 0.717) is 23.9 Å². The molecule has 8 heteroatoms. The van der Waals surface area contributed by atoms with Crippen LogP contribution in [0.4, 0.5) is 0 Å². The first-order valence-electron chi connectivity index (χ1n) is 7.06. The summed E-state index contributed by atoms with van der Waals surface area (Å²) in [6, 6.07) is 0. The van der Waals surface area contributed by atoms with E-state index < -0.39 is 16.0 Å². The highest BCUT2D eigenvalue weighted by Crippen LogP contribution is 2.26. The zero-order valence-corrected chi connectivity index (χ0v) is 13.1. The molecule has 0 atom stereocenters. The van der Waals surface area contributed by atoms with Crippen LogP contribution in [0.25, 0.3) is 0 Å². The minimum absolute atomic E-state index is 0.0864. The predicted molar refractivity (Wildman–Crippen MR) is 76.5 cm³/mol. The van der Waals surface area contributed by atoms with Gasteiger partial charge in [-0.15, -0.1) is 0 Å². The number of aryl methyl sites for hydroxylation is 2. The summed E-state index contributed by atoms with van der Waals surface area (Å²) in [5.74, 6) is -0.502. The lowest BCUT2D eigenvalue weighted by Crippen LogP contribution is -2.32. The van der Waals surface area contributed by atoms with Crippen molar-refractivity contribution in [1.82, 2.24) is 14.5 Å². The highest BCUT2D eigenvalue weighted by atomic mass is 32.2. The molecule has 1 saturated carbocycles. The maximum absolute atomic E-state index is 12.4. The van der Waals surface area contributed by atoms with Crippen LogP contribution in [0.5, 0.6) is 0 Å². The van der Waals surface area contributed by atoms with E-state index in [-0.39, 0.29) is 17.9 Å². The Hall–Kier alpha value is -1.41. The van der Waals surface area contributed by atoms with Gasteiger partial charge in [0.05, 0.1) is 24.4 Å². The summed E-state index contributed by atoms with van der Waals surface area (Å²) < 4.78 is 28.9. The third-order valence-electron chi connectivity index (χ3n) is 3.91. The van der Waals surface area contributed by atoms with Crippen LogP contribution in [0.2, 0.25) is 0 Å². The molecule has 0 aromatic carbocycles. The molecular weight excluding hydrogens is 294 g/mol. The SMILES string of the molecule is Cc1nn(CCC(=O)O)c(C)c1S(=O)(=O)NCC1CCC1. The molecule has 0 saturated heterocycles. The van der Waals surface area contributed by atoms with Gasteiger partial charge in [-0.25, -0.2) is 13.1 Å². The van der Waals surface area contributed by atoms with E-state index in [2.05, 4.69) is 9.82 Å². The second kappa shape index (κ2) is 6.15. The van der Waals surface area contributed by atoms with Gasteiger partial charge in [0, 0.05) is 6.54 Å². The molecule has 0 radical (unpaired) electrons. The normalized spacial score (nSPS) is 15.9. The summed E-state index contributed by atoms with van der Waals surface area (Å²) in [5, 5.41) is 12.9. The van der Waals surface area contributed by atoms with Crippen LogP contribution in [-0.2, 0) is 21.4 Å². The molecule has 1 aliphatic rings. The van der Waals surface area contributed by atoms with Crippen LogP contribution >= 0.6 is 0 Å². The van der Waals surface area contributed by atoms with Crippen molar-refractivity contribution in [1.29, 1.82) is 0 Å². The molecule has 1 aromatic heterocycles. The largest absolute Gasteiger partial charge is 0.481 e. The molecule has 1 aliphatic carbocycles. The fourth-order valence-corrected chi connectivity index (χ4v) is 4.01. The molecule has 0 bridgehead atoms. The maximum Gasteiger partial charge on any atom is 0.305 e. The smallest absolute Gasteiger partial charge is 0.305 e. The van der Waals surface area contributed by atoms with Crippen LogP contribution in [0.15, 0.2) is 4.90 Å². The van der Waals surface area contributed by atoms with Crippen molar-refractivity contribution in [3.8, 4) is 0 Å². The van der Waals surface area contributed by atoms with E-state index in [4.69, 9.17) is 5.11 Å². The topological polar surface area (TPSA) is 101 Å². The van der Waals surface area contributed by atoms with Crippen molar-refractivity contribution in [2.75, 3.05) is 6.54 Å². The fourth-order valence-electron chi connectivity index (χ4n) is 2.49. The van der Waals surface area contributed by atoms with E-state index in [1.165, 1.54) is 4.68 Å². The summed E-state index contributed by atoms with van der Waals surface area (Å²) in [5.41, 5.74) is 0.883. The van der Waals surface area contributed by atoms with Crippen molar-refractivity contribution in [2.45, 2.75) is 51.0 Å². The average Bonchev–Trinajstić information content (AvgIpc) is 2.60. The van der Waals surface area contributed by atoms with Gasteiger partial charge in [0.2, 0.25) is 10.0 Å². The number of carbonyl (C=O) groups is 1. The summed E-state index contributed by atoms with van der Waals surface area (Å²) in [7, 11) is -3.59. The lowest BCUT2D eigenvalue weighted by Gasteiger charge is -2.25. The summed E-state index contributed by atoms with van der Waals surface area (Å²) in [4.78, 5) is 10.8. The lowest BCUT2D eigenvalue weighted by molar-refractivity contribution is -0.137. The third kappa shape index (κ3) is 3.62. The number of hydrogen-bond donors (Lipinski definition) is 2. The third-order valence-corrected chi connectivity index (χ3v) is 5.58. The second-order valence-corrected chi connectivity index (χ2v) is 7.22. The number of aliphatic carboxylic acids is 1. The molecular formula is C13H21N3O4S. The van der Waals surface area contributed by atoms with Crippen LogP contribution in [0, 0.1) is 19.8 Å². The Morgan fingerprint density at radius 1 is 1.43 bits per heavy atom. The molecule has 0 amide bonds. The van der Waals surface area contributed by atoms with Gasteiger partial charge in [0.15, 0.2) is 0 Å². The molecule has 118 valence electrons. The van der Waals surface area contributed by atoms with E-state index in [9.17, 15) is 13.2 Å². The minimum atomic E-state index is -3.59. The maximum atomic E-state index is 12.4. The Morgan fingerprint density at radius 3 is 2.62 bits per heavy atom. The predicted octanol–water partition coefficient (Wildman–Crippen LogP) is 1.05. The number of rotatable bonds is 7. The van der Waals surface area contributed by atoms with Crippen molar-refractivity contribution >= 4 is 16.0 Å². The highest BCUT2D eigenvalue weighted by Gasteiger charge is 2.26. The monoisotopic (exact) mass is 315 g/mol. The van der Waals surface area contributed by atoms with Gasteiger partial charge >= 0.3 is 5.97 Å². The van der Waals surface area contributed by atoms with Gasteiger partial charge in [-0.1, -0.05) is 6.42 Å². The molecule has 1 aromatic rings. The van der Waals surface area contributed by atoms with Gasteiger partial charge in [0.25, 0.3) is 0 Å². The quantitative estimate of drug-likeness (QED) is 0.783. The molecule has 21 heavy (non-hydrogen) atoms. The van der Waals surface area contributed by atoms with E-state index in [1.54, 1.807) is 13.8 Å². The number of carboxylic acids is 1. The van der Waals surface area contributed by atoms with Crippen molar-refractivity contribution in [2.24, 2.45) is 5.92 Å². The first-order chi connectivity index (χ1) is 9.81. The molecule has 0 spiro atoms.